The first-order valence-electron chi connectivity index (χ1n) is 10.8. The zero-order valence-electron chi connectivity index (χ0n) is 16.8. The van der Waals surface area contributed by atoms with E-state index in [1.807, 2.05) is 0 Å². The van der Waals surface area contributed by atoms with E-state index in [9.17, 15) is 5.21 Å². The Morgan fingerprint density at radius 3 is 2.41 bits per heavy atom. The van der Waals surface area contributed by atoms with Crippen LogP contribution < -0.4 is 4.66 Å². The Balaban J connectivity index is 0.000000369. The molecule has 4 heterocycles. The van der Waals surface area contributed by atoms with Crippen LogP contribution in [0, 0.1) is 27.3 Å². The number of hydrogen-bond acceptors (Lipinski definition) is 6. The molecule has 7 nitrogen and oxygen atoms in total. The van der Waals surface area contributed by atoms with Gasteiger partial charge in [-0.25, -0.2) is 0 Å². The maximum absolute atomic E-state index is 13.5. The number of piperidine rings is 4. The minimum atomic E-state index is -4.19. The van der Waals surface area contributed by atoms with E-state index in [1.54, 1.807) is 0 Å². The monoisotopic (exact) mass is 428 g/mol. The minimum absolute atomic E-state index is 0.162. The molecule has 29 heavy (non-hydrogen) atoms. The summed E-state index contributed by atoms with van der Waals surface area (Å²) in [5, 5.41) is 13.5. The van der Waals surface area contributed by atoms with Crippen molar-refractivity contribution in [2.75, 3.05) is 19.6 Å². The van der Waals surface area contributed by atoms with Crippen LogP contribution >= 0.6 is 0 Å². The molecular weight excluding hydrogens is 396 g/mol. The molecule has 8 heteroatoms. The summed E-state index contributed by atoms with van der Waals surface area (Å²) >= 11 is 0. The van der Waals surface area contributed by atoms with Crippen LogP contribution in [0.4, 0.5) is 0 Å². The van der Waals surface area contributed by atoms with E-state index < -0.39 is 10.2 Å². The van der Waals surface area contributed by atoms with Gasteiger partial charge in [0.25, 0.3) is 0 Å². The molecule has 4 aliphatic rings. The van der Waals surface area contributed by atoms with Crippen LogP contribution in [0.5, 0.6) is 0 Å². The topological polar surface area (TPSA) is 110 Å². The molecule has 0 radical (unpaired) electrons. The number of fused-ring (bicyclic) bond motifs is 6. The van der Waals surface area contributed by atoms with Gasteiger partial charge in [-0.3, -0.25) is 4.90 Å². The zero-order chi connectivity index (χ0) is 20.6. The van der Waals surface area contributed by atoms with Crippen molar-refractivity contribution in [2.45, 2.75) is 63.1 Å². The molecule has 1 aromatic rings. The number of rotatable bonds is 1. The predicted molar refractivity (Wildman–Crippen MR) is 103 cm³/mol. The smallest absolute Gasteiger partial charge is 0.0928 e. The van der Waals surface area contributed by atoms with Crippen LogP contribution in [0.2, 0.25) is 0 Å². The van der Waals surface area contributed by atoms with Crippen molar-refractivity contribution in [1.82, 2.24) is 4.90 Å². The molecule has 6 unspecified atom stereocenters. The van der Waals surface area contributed by atoms with Crippen LogP contribution in [0.15, 0.2) is 30.3 Å². The van der Waals surface area contributed by atoms with E-state index in [2.05, 4.69) is 35.2 Å². The first-order chi connectivity index (χ1) is 13.7. The van der Waals surface area contributed by atoms with Gasteiger partial charge in [0.2, 0.25) is 0 Å². The minimum Gasteiger partial charge on any atom is -0.633 e. The SMILES string of the molecule is [O-][Cl+](O)(O)O.[O-][N+]12CCCCC1C1CC(C2)C2CCCC(c3ccccc3)N2C1. The number of hydrogen-bond donors (Lipinski definition) is 3. The van der Waals surface area contributed by atoms with E-state index in [0.717, 1.165) is 19.5 Å². The van der Waals surface area contributed by atoms with E-state index >= 15 is 0 Å². The van der Waals surface area contributed by atoms with Gasteiger partial charge in [0.05, 0.1) is 19.1 Å². The summed E-state index contributed by atoms with van der Waals surface area (Å²) in [5.74, 6) is 1.28. The Morgan fingerprint density at radius 1 is 0.966 bits per heavy atom. The summed E-state index contributed by atoms with van der Waals surface area (Å²) in [4.78, 5) is 2.83. The van der Waals surface area contributed by atoms with Gasteiger partial charge in [0.1, 0.15) is 0 Å². The molecule has 6 atom stereocenters. The van der Waals surface area contributed by atoms with E-state index in [4.69, 9.17) is 18.6 Å². The van der Waals surface area contributed by atoms with E-state index in [-0.39, 0.29) is 4.65 Å². The fraction of sp³-hybridized carbons (Fsp3) is 0.714. The van der Waals surface area contributed by atoms with Crippen molar-refractivity contribution in [1.29, 1.82) is 0 Å². The maximum atomic E-state index is 13.5. The summed E-state index contributed by atoms with van der Waals surface area (Å²) in [6, 6.07) is 12.8. The number of benzene rings is 1. The molecule has 0 aliphatic carbocycles. The van der Waals surface area contributed by atoms with Gasteiger partial charge < -0.3 is 9.85 Å². The Labute approximate surface area is 174 Å². The Hall–Kier alpha value is -0.770. The summed E-state index contributed by atoms with van der Waals surface area (Å²) in [5.41, 5.74) is 1.49. The standard InChI is InChI=1S/C21H30N2O.ClH3O4/c24-23-12-5-4-11-21(23)17-13-18(15-23)20-10-6-9-19(22(20)14-17)16-7-2-1-3-8-16;2-1(3,4)5/h1-3,7-8,17-21H,4-6,9-15H2;2-4H. The molecular formula is C21H33ClN2O5. The average Bonchev–Trinajstić information content (AvgIpc) is 2.67. The molecule has 0 spiro atoms. The maximum Gasteiger partial charge on any atom is 0.0928 e. The van der Waals surface area contributed by atoms with Gasteiger partial charge >= 0.3 is 28.9 Å². The van der Waals surface area contributed by atoms with Crippen LogP contribution in [0.3, 0.4) is 0 Å². The van der Waals surface area contributed by atoms with E-state index in [0.29, 0.717) is 30.0 Å². The van der Waals surface area contributed by atoms with Crippen molar-refractivity contribution >= 4 is 0 Å². The predicted octanol–water partition coefficient (Wildman–Crippen LogP) is 1.24. The second-order valence-corrected chi connectivity index (χ2v) is 10.1. The van der Waals surface area contributed by atoms with Crippen molar-refractivity contribution in [2.24, 2.45) is 11.8 Å². The fourth-order valence-corrected chi connectivity index (χ4v) is 6.63. The molecule has 4 aliphatic heterocycles. The number of hydroxylamine groups is 3. The molecule has 5 rings (SSSR count). The molecule has 3 N–H and O–H groups in total. The van der Waals surface area contributed by atoms with Crippen molar-refractivity contribution in [3.63, 3.8) is 0 Å². The van der Waals surface area contributed by atoms with Crippen molar-refractivity contribution in [3.05, 3.63) is 41.1 Å². The third-order valence-electron chi connectivity index (χ3n) is 7.56. The Kier molecular flexibility index (Phi) is 6.22. The molecule has 0 saturated carbocycles. The number of halogens is 1. The van der Waals surface area contributed by atoms with Crippen LogP contribution in [0.25, 0.3) is 0 Å². The van der Waals surface area contributed by atoms with Gasteiger partial charge in [0, 0.05) is 36.9 Å². The molecule has 1 aromatic carbocycles. The summed E-state index contributed by atoms with van der Waals surface area (Å²) in [7, 11) is -4.19. The van der Waals surface area contributed by atoms with Gasteiger partial charge in [0.15, 0.2) is 0 Å². The summed E-state index contributed by atoms with van der Waals surface area (Å²) < 4.78 is 30.4. The van der Waals surface area contributed by atoms with Crippen molar-refractivity contribution < 1.29 is 33.5 Å². The quantitative estimate of drug-likeness (QED) is 0.458. The molecule has 4 fully saturated rings. The third-order valence-corrected chi connectivity index (χ3v) is 7.56. The summed E-state index contributed by atoms with van der Waals surface area (Å²) in [6.07, 6.45) is 8.86. The van der Waals surface area contributed by atoms with Gasteiger partial charge in [-0.05, 0) is 44.1 Å². The third kappa shape index (κ3) is 4.78. The Morgan fingerprint density at radius 2 is 1.69 bits per heavy atom. The fourth-order valence-electron chi connectivity index (χ4n) is 6.63. The zero-order valence-corrected chi connectivity index (χ0v) is 17.5. The van der Waals surface area contributed by atoms with Crippen LogP contribution in [-0.2, 0) is 0 Å². The molecule has 4 saturated heterocycles. The second kappa shape index (κ2) is 8.40. The first-order valence-corrected chi connectivity index (χ1v) is 12.1. The summed E-state index contributed by atoms with van der Waals surface area (Å²) in [6.45, 7) is 2.98. The average molecular weight is 429 g/mol. The molecule has 2 bridgehead atoms. The van der Waals surface area contributed by atoms with E-state index in [1.165, 1.54) is 50.6 Å². The first kappa shape index (κ1) is 21.5. The molecule has 0 amide bonds. The number of quaternary nitrogens is 1. The Bertz CT molecular complexity index is 681. The van der Waals surface area contributed by atoms with Gasteiger partial charge in [-0.1, -0.05) is 30.3 Å². The van der Waals surface area contributed by atoms with Crippen molar-refractivity contribution in [3.8, 4) is 0 Å². The second-order valence-electron chi connectivity index (χ2n) is 9.23. The van der Waals surface area contributed by atoms with Gasteiger partial charge in [-0.2, -0.15) is 0 Å². The van der Waals surface area contributed by atoms with Crippen LogP contribution in [-0.4, -0.2) is 55.2 Å². The molecule has 164 valence electrons. The number of nitrogens with zero attached hydrogens (tertiary/aromatic N) is 2. The van der Waals surface area contributed by atoms with Crippen LogP contribution in [0.1, 0.15) is 56.6 Å². The van der Waals surface area contributed by atoms with Gasteiger partial charge in [-0.15, -0.1) is 0 Å². The molecule has 0 aromatic heterocycles. The largest absolute Gasteiger partial charge is 0.633 e. The normalized spacial score (nSPS) is 40.1.